The maximum Gasteiger partial charge on any atom is 0.134 e. The number of hydrogen-bond donors (Lipinski definition) is 1. The van der Waals surface area contributed by atoms with Gasteiger partial charge in [-0.15, -0.1) is 0 Å². The van der Waals surface area contributed by atoms with Gasteiger partial charge in [0.2, 0.25) is 0 Å². The minimum absolute atomic E-state index is 0.168. The number of aliphatic hydroxyl groups is 1. The predicted octanol–water partition coefficient (Wildman–Crippen LogP) is 1.09. The van der Waals surface area contributed by atoms with Crippen LogP contribution in [0.25, 0.3) is 0 Å². The van der Waals surface area contributed by atoms with Gasteiger partial charge in [0, 0.05) is 12.6 Å². The average Bonchev–Trinajstić information content (AvgIpc) is 2.65. The summed E-state index contributed by atoms with van der Waals surface area (Å²) < 4.78 is 0. The lowest BCUT2D eigenvalue weighted by Crippen LogP contribution is -2.32. The first-order valence-corrected chi connectivity index (χ1v) is 5.04. The molecule has 1 aliphatic heterocycles. The molecule has 0 spiro atoms. The Morgan fingerprint density at radius 2 is 2.43 bits per heavy atom. The fraction of sp³-hybridized carbons (Fsp3) is 0.556. The zero-order chi connectivity index (χ0) is 9.97. The lowest BCUT2D eigenvalue weighted by molar-refractivity contribution is 0.266. The van der Waals surface area contributed by atoms with Crippen molar-refractivity contribution in [3.8, 4) is 0 Å². The van der Waals surface area contributed by atoms with Gasteiger partial charge in [0.25, 0.3) is 0 Å². The molecule has 0 radical (unpaired) electrons. The third kappa shape index (κ3) is 1.81. The van der Waals surface area contributed by atoms with E-state index in [9.17, 15) is 0 Å². The van der Waals surface area contributed by atoms with E-state index in [0.29, 0.717) is 5.15 Å². The van der Waals surface area contributed by atoms with Crippen LogP contribution in [0.4, 0.5) is 5.82 Å². The van der Waals surface area contributed by atoms with Crippen molar-refractivity contribution >= 4 is 17.4 Å². The van der Waals surface area contributed by atoms with Gasteiger partial charge in [-0.1, -0.05) is 11.6 Å². The van der Waals surface area contributed by atoms with E-state index in [0.717, 1.165) is 25.2 Å². The number of aromatic nitrogens is 2. The summed E-state index contributed by atoms with van der Waals surface area (Å²) in [5, 5.41) is 9.59. The Labute approximate surface area is 87.5 Å². The molecule has 4 nitrogen and oxygen atoms in total. The fourth-order valence-corrected chi connectivity index (χ4v) is 1.95. The molecule has 0 amide bonds. The number of nitrogens with zero attached hydrogens (tertiary/aromatic N) is 3. The zero-order valence-electron chi connectivity index (χ0n) is 7.73. The van der Waals surface area contributed by atoms with Crippen LogP contribution in [-0.4, -0.2) is 34.3 Å². The maximum absolute atomic E-state index is 9.15. The topological polar surface area (TPSA) is 49.2 Å². The van der Waals surface area contributed by atoms with Gasteiger partial charge in [-0.2, -0.15) is 0 Å². The molecule has 1 N–H and O–H groups in total. The summed E-state index contributed by atoms with van der Waals surface area (Å²) in [5.41, 5.74) is 0. The minimum atomic E-state index is 0.168. The Bertz CT molecular complexity index is 321. The van der Waals surface area contributed by atoms with Gasteiger partial charge in [-0.3, -0.25) is 0 Å². The summed E-state index contributed by atoms with van der Waals surface area (Å²) in [6, 6.07) is 1.91. The molecule has 0 aromatic carbocycles. The standard InChI is InChI=1S/C9H12ClN3O/c10-8-4-9(12-6-11-8)13-3-1-2-7(13)5-14/h4,6-7,14H,1-3,5H2/t7-/m1/s1. The SMILES string of the molecule is OC[C@H]1CCCN1c1cc(Cl)ncn1. The first-order valence-electron chi connectivity index (χ1n) is 4.66. The molecule has 2 rings (SSSR count). The smallest absolute Gasteiger partial charge is 0.134 e. The molecule has 2 heterocycles. The zero-order valence-corrected chi connectivity index (χ0v) is 8.48. The highest BCUT2D eigenvalue weighted by molar-refractivity contribution is 6.29. The van der Waals surface area contributed by atoms with Gasteiger partial charge < -0.3 is 10.0 Å². The van der Waals surface area contributed by atoms with E-state index in [1.807, 2.05) is 0 Å². The van der Waals surface area contributed by atoms with Gasteiger partial charge >= 0.3 is 0 Å². The quantitative estimate of drug-likeness (QED) is 0.748. The second-order valence-electron chi connectivity index (χ2n) is 3.37. The first kappa shape index (κ1) is 9.68. The van der Waals surface area contributed by atoms with Crippen molar-refractivity contribution in [3.05, 3.63) is 17.5 Å². The number of anilines is 1. The van der Waals surface area contributed by atoms with Gasteiger partial charge in [-0.25, -0.2) is 9.97 Å². The van der Waals surface area contributed by atoms with Gasteiger partial charge in [0.05, 0.1) is 12.6 Å². The number of halogens is 1. The Hall–Kier alpha value is -0.870. The lowest BCUT2D eigenvalue weighted by atomic mass is 10.2. The highest BCUT2D eigenvalue weighted by Gasteiger charge is 2.24. The summed E-state index contributed by atoms with van der Waals surface area (Å²) in [5.74, 6) is 0.807. The molecule has 76 valence electrons. The summed E-state index contributed by atoms with van der Waals surface area (Å²) in [4.78, 5) is 10.0. The molecule has 1 aromatic heterocycles. The van der Waals surface area contributed by atoms with Gasteiger partial charge in [-0.05, 0) is 12.8 Å². The maximum atomic E-state index is 9.15. The van der Waals surface area contributed by atoms with Crippen molar-refractivity contribution in [1.29, 1.82) is 0 Å². The largest absolute Gasteiger partial charge is 0.394 e. The molecule has 0 aliphatic carbocycles. The second-order valence-corrected chi connectivity index (χ2v) is 3.76. The van der Waals surface area contributed by atoms with Crippen LogP contribution in [0.1, 0.15) is 12.8 Å². The molecule has 1 aliphatic rings. The van der Waals surface area contributed by atoms with Crippen LogP contribution in [0.15, 0.2) is 12.4 Å². The summed E-state index contributed by atoms with van der Waals surface area (Å²) >= 11 is 5.77. The molecule has 0 unspecified atom stereocenters. The molecule has 0 saturated carbocycles. The molecule has 1 aromatic rings. The van der Waals surface area contributed by atoms with E-state index < -0.39 is 0 Å². The normalized spacial score (nSPS) is 21.6. The molecule has 5 heteroatoms. The Kier molecular flexibility index (Phi) is 2.84. The minimum Gasteiger partial charge on any atom is -0.394 e. The van der Waals surface area contributed by atoms with Crippen LogP contribution in [0.3, 0.4) is 0 Å². The van der Waals surface area contributed by atoms with Crippen LogP contribution >= 0.6 is 11.6 Å². The third-order valence-electron chi connectivity index (χ3n) is 2.50. The lowest BCUT2D eigenvalue weighted by Gasteiger charge is -2.23. The van der Waals surface area contributed by atoms with Crippen LogP contribution < -0.4 is 4.90 Å². The summed E-state index contributed by atoms with van der Waals surface area (Å²) in [6.07, 6.45) is 3.55. The number of hydrogen-bond acceptors (Lipinski definition) is 4. The second kappa shape index (κ2) is 4.11. The fourth-order valence-electron chi connectivity index (χ4n) is 1.81. The summed E-state index contributed by atoms with van der Waals surface area (Å²) in [7, 11) is 0. The highest BCUT2D eigenvalue weighted by Crippen LogP contribution is 2.24. The monoisotopic (exact) mass is 213 g/mol. The Morgan fingerprint density at radius 1 is 1.57 bits per heavy atom. The molecular formula is C9H12ClN3O. The van der Waals surface area contributed by atoms with Gasteiger partial charge in [0.1, 0.15) is 17.3 Å². The van der Waals surface area contributed by atoms with E-state index in [-0.39, 0.29) is 12.6 Å². The van der Waals surface area contributed by atoms with Crippen LogP contribution in [0, 0.1) is 0 Å². The highest BCUT2D eigenvalue weighted by atomic mass is 35.5. The van der Waals surface area contributed by atoms with Crippen molar-refractivity contribution in [2.24, 2.45) is 0 Å². The van der Waals surface area contributed by atoms with Crippen molar-refractivity contribution in [2.75, 3.05) is 18.1 Å². The number of rotatable bonds is 2. The van der Waals surface area contributed by atoms with Crippen LogP contribution in [0.5, 0.6) is 0 Å². The molecular weight excluding hydrogens is 202 g/mol. The van der Waals surface area contributed by atoms with Crippen LogP contribution in [0.2, 0.25) is 5.15 Å². The van der Waals surface area contributed by atoms with Crippen molar-refractivity contribution in [3.63, 3.8) is 0 Å². The van der Waals surface area contributed by atoms with E-state index in [1.165, 1.54) is 6.33 Å². The first-order chi connectivity index (χ1) is 6.81. The average molecular weight is 214 g/mol. The van der Waals surface area contributed by atoms with E-state index in [1.54, 1.807) is 6.07 Å². The van der Waals surface area contributed by atoms with Crippen molar-refractivity contribution < 1.29 is 5.11 Å². The van der Waals surface area contributed by atoms with Crippen LogP contribution in [-0.2, 0) is 0 Å². The third-order valence-corrected chi connectivity index (χ3v) is 2.71. The Balaban J connectivity index is 2.21. The Morgan fingerprint density at radius 3 is 3.14 bits per heavy atom. The number of aliphatic hydroxyl groups excluding tert-OH is 1. The van der Waals surface area contributed by atoms with E-state index >= 15 is 0 Å². The molecule has 1 fully saturated rings. The molecule has 1 saturated heterocycles. The van der Waals surface area contributed by atoms with Gasteiger partial charge in [0.15, 0.2) is 0 Å². The predicted molar refractivity (Wildman–Crippen MR) is 54.5 cm³/mol. The molecule has 14 heavy (non-hydrogen) atoms. The van der Waals surface area contributed by atoms with Crippen molar-refractivity contribution in [1.82, 2.24) is 9.97 Å². The molecule has 0 bridgehead atoms. The molecule has 1 atom stereocenters. The van der Waals surface area contributed by atoms with E-state index in [2.05, 4.69) is 14.9 Å². The van der Waals surface area contributed by atoms with Crippen molar-refractivity contribution in [2.45, 2.75) is 18.9 Å². The summed E-state index contributed by atoms with van der Waals surface area (Å²) in [6.45, 7) is 1.10. The van der Waals surface area contributed by atoms with E-state index in [4.69, 9.17) is 16.7 Å².